The lowest BCUT2D eigenvalue weighted by atomic mass is 10.2. The van der Waals surface area contributed by atoms with E-state index in [9.17, 15) is 13.2 Å². The van der Waals surface area contributed by atoms with Crippen molar-refractivity contribution in [2.45, 2.75) is 4.90 Å². The van der Waals surface area contributed by atoms with Gasteiger partial charge in [-0.15, -0.1) is 10.2 Å². The van der Waals surface area contributed by atoms with E-state index in [-0.39, 0.29) is 21.3 Å². The standard InChI is InChI=1S/C21H15ClN4O3S2/c22-15-12-10-14(11-13-15)20-24-25-21(30-20)23-19(27)17-8-4-5-9-18(17)26-31(28,29)16-6-2-1-3-7-16/h1-13,26H,(H,23,25,27). The van der Waals surface area contributed by atoms with Gasteiger partial charge in [0.2, 0.25) is 5.13 Å². The van der Waals surface area contributed by atoms with Crippen molar-refractivity contribution in [3.05, 3.63) is 89.4 Å². The third kappa shape index (κ3) is 4.91. The van der Waals surface area contributed by atoms with E-state index >= 15 is 0 Å². The molecule has 0 aliphatic rings. The van der Waals surface area contributed by atoms with Crippen LogP contribution in [0, 0.1) is 0 Å². The molecule has 4 aromatic rings. The summed E-state index contributed by atoms with van der Waals surface area (Å²) in [5.74, 6) is -0.509. The molecule has 0 aliphatic carbocycles. The predicted octanol–water partition coefficient (Wildman–Crippen LogP) is 4.91. The molecule has 1 aromatic heterocycles. The monoisotopic (exact) mass is 470 g/mol. The Morgan fingerprint density at radius 2 is 1.55 bits per heavy atom. The SMILES string of the molecule is O=C(Nc1nnc(-c2ccc(Cl)cc2)s1)c1ccccc1NS(=O)(=O)c1ccccc1. The van der Waals surface area contributed by atoms with Gasteiger partial charge in [0.25, 0.3) is 15.9 Å². The zero-order chi connectivity index (χ0) is 21.8. The number of aromatic nitrogens is 2. The summed E-state index contributed by atoms with van der Waals surface area (Å²) in [7, 11) is -3.84. The fraction of sp³-hybridized carbons (Fsp3) is 0. The maximum atomic E-state index is 12.8. The Balaban J connectivity index is 1.54. The van der Waals surface area contributed by atoms with Crippen molar-refractivity contribution < 1.29 is 13.2 Å². The molecule has 0 unspecified atom stereocenters. The molecule has 0 spiro atoms. The minimum Gasteiger partial charge on any atom is -0.296 e. The number of para-hydroxylation sites is 1. The van der Waals surface area contributed by atoms with Crippen molar-refractivity contribution in [3.8, 4) is 10.6 Å². The number of carbonyl (C=O) groups excluding carboxylic acids is 1. The van der Waals surface area contributed by atoms with Gasteiger partial charge in [-0.2, -0.15) is 0 Å². The molecule has 1 amide bonds. The fourth-order valence-electron chi connectivity index (χ4n) is 2.72. The molecule has 1 heterocycles. The Hall–Kier alpha value is -3.27. The van der Waals surface area contributed by atoms with Gasteiger partial charge in [0, 0.05) is 10.6 Å². The summed E-state index contributed by atoms with van der Waals surface area (Å²) in [6, 6.07) is 21.4. The molecule has 0 radical (unpaired) electrons. The molecule has 0 aliphatic heterocycles. The third-order valence-electron chi connectivity index (χ3n) is 4.21. The molecule has 3 aromatic carbocycles. The van der Waals surface area contributed by atoms with E-state index in [0.29, 0.717) is 10.0 Å². The van der Waals surface area contributed by atoms with Gasteiger partial charge in [-0.1, -0.05) is 65.4 Å². The molecule has 7 nitrogen and oxygen atoms in total. The summed E-state index contributed by atoms with van der Waals surface area (Å²) < 4.78 is 27.8. The number of halogens is 1. The van der Waals surface area contributed by atoms with Gasteiger partial charge >= 0.3 is 0 Å². The highest BCUT2D eigenvalue weighted by Gasteiger charge is 2.19. The number of carbonyl (C=O) groups is 1. The topological polar surface area (TPSA) is 101 Å². The van der Waals surface area contributed by atoms with Crippen LogP contribution in [0.15, 0.2) is 83.8 Å². The van der Waals surface area contributed by atoms with Crippen LogP contribution < -0.4 is 10.0 Å². The van der Waals surface area contributed by atoms with E-state index in [1.807, 2.05) is 12.1 Å². The number of nitrogens with one attached hydrogen (secondary N) is 2. The van der Waals surface area contributed by atoms with Crippen LogP contribution in [0.1, 0.15) is 10.4 Å². The number of hydrogen-bond acceptors (Lipinski definition) is 6. The largest absolute Gasteiger partial charge is 0.296 e. The summed E-state index contributed by atoms with van der Waals surface area (Å²) in [6.07, 6.45) is 0. The van der Waals surface area contributed by atoms with Gasteiger partial charge < -0.3 is 0 Å². The van der Waals surface area contributed by atoms with Crippen LogP contribution in [-0.2, 0) is 10.0 Å². The van der Waals surface area contributed by atoms with Crippen LogP contribution in [0.25, 0.3) is 10.6 Å². The van der Waals surface area contributed by atoms with E-state index in [0.717, 1.165) is 5.56 Å². The molecular formula is C21H15ClN4O3S2. The van der Waals surface area contributed by atoms with Crippen molar-refractivity contribution in [1.82, 2.24) is 10.2 Å². The smallest absolute Gasteiger partial charge is 0.261 e. The number of nitrogens with zero attached hydrogens (tertiary/aromatic N) is 2. The maximum Gasteiger partial charge on any atom is 0.261 e. The third-order valence-corrected chi connectivity index (χ3v) is 6.73. The van der Waals surface area contributed by atoms with E-state index in [4.69, 9.17) is 11.6 Å². The first kappa shape index (κ1) is 21.0. The maximum absolute atomic E-state index is 12.8. The number of rotatable bonds is 6. The molecule has 0 saturated heterocycles. The summed E-state index contributed by atoms with van der Waals surface area (Å²) in [4.78, 5) is 12.9. The lowest BCUT2D eigenvalue weighted by Crippen LogP contribution is -2.18. The number of amides is 1. The minimum absolute atomic E-state index is 0.0990. The zero-order valence-corrected chi connectivity index (χ0v) is 18.2. The summed E-state index contributed by atoms with van der Waals surface area (Å²) in [5.41, 5.74) is 1.13. The average Bonchev–Trinajstić information content (AvgIpc) is 3.23. The second-order valence-corrected chi connectivity index (χ2v) is 9.43. The normalized spacial score (nSPS) is 11.1. The van der Waals surface area contributed by atoms with Crippen LogP contribution in [0.5, 0.6) is 0 Å². The van der Waals surface area contributed by atoms with Crippen LogP contribution in [0.2, 0.25) is 5.02 Å². The molecule has 0 fully saturated rings. The van der Waals surface area contributed by atoms with Crippen LogP contribution in [0.3, 0.4) is 0 Å². The second kappa shape index (κ2) is 8.84. The first-order valence-electron chi connectivity index (χ1n) is 9.00. The molecule has 0 saturated carbocycles. The predicted molar refractivity (Wildman–Crippen MR) is 122 cm³/mol. The van der Waals surface area contributed by atoms with Gasteiger partial charge in [-0.05, 0) is 36.4 Å². The number of anilines is 2. The fourth-order valence-corrected chi connectivity index (χ4v) is 4.69. The average molecular weight is 471 g/mol. The van der Waals surface area contributed by atoms with E-state index in [2.05, 4.69) is 20.2 Å². The van der Waals surface area contributed by atoms with Crippen molar-refractivity contribution >= 4 is 49.7 Å². The molecule has 31 heavy (non-hydrogen) atoms. The molecule has 0 atom stereocenters. The van der Waals surface area contributed by atoms with E-state index < -0.39 is 15.9 Å². The molecule has 4 rings (SSSR count). The quantitative estimate of drug-likeness (QED) is 0.417. The van der Waals surface area contributed by atoms with Crippen molar-refractivity contribution in [2.75, 3.05) is 10.0 Å². The van der Waals surface area contributed by atoms with Crippen molar-refractivity contribution in [3.63, 3.8) is 0 Å². The van der Waals surface area contributed by atoms with Crippen LogP contribution in [0.4, 0.5) is 10.8 Å². The minimum atomic E-state index is -3.84. The second-order valence-electron chi connectivity index (χ2n) is 6.34. The Morgan fingerprint density at radius 3 is 2.29 bits per heavy atom. The number of benzene rings is 3. The van der Waals surface area contributed by atoms with Gasteiger partial charge in [-0.25, -0.2) is 8.42 Å². The first-order chi connectivity index (χ1) is 14.9. The van der Waals surface area contributed by atoms with Crippen LogP contribution in [-0.4, -0.2) is 24.5 Å². The molecular weight excluding hydrogens is 456 g/mol. The van der Waals surface area contributed by atoms with Crippen molar-refractivity contribution in [1.29, 1.82) is 0 Å². The number of sulfonamides is 1. The summed E-state index contributed by atoms with van der Waals surface area (Å²) in [6.45, 7) is 0. The number of hydrogen-bond donors (Lipinski definition) is 2. The zero-order valence-electron chi connectivity index (χ0n) is 15.8. The molecule has 10 heteroatoms. The Bertz CT molecular complexity index is 1320. The molecule has 156 valence electrons. The van der Waals surface area contributed by atoms with E-state index in [1.165, 1.54) is 35.6 Å². The Labute approximate surface area is 187 Å². The Morgan fingerprint density at radius 1 is 0.871 bits per heavy atom. The highest BCUT2D eigenvalue weighted by atomic mass is 35.5. The van der Waals surface area contributed by atoms with Crippen LogP contribution >= 0.6 is 22.9 Å². The summed E-state index contributed by atoms with van der Waals surface area (Å²) >= 11 is 7.10. The molecule has 0 bridgehead atoms. The van der Waals surface area contributed by atoms with Gasteiger partial charge in [0.1, 0.15) is 5.01 Å². The highest BCUT2D eigenvalue weighted by Crippen LogP contribution is 2.28. The summed E-state index contributed by atoms with van der Waals surface area (Å²) in [5, 5.41) is 12.3. The first-order valence-corrected chi connectivity index (χ1v) is 11.7. The Kier molecular flexibility index (Phi) is 5.99. The van der Waals surface area contributed by atoms with Gasteiger partial charge in [0.05, 0.1) is 16.1 Å². The van der Waals surface area contributed by atoms with Gasteiger partial charge in [-0.3, -0.25) is 14.8 Å². The van der Waals surface area contributed by atoms with E-state index in [1.54, 1.807) is 42.5 Å². The molecule has 2 N–H and O–H groups in total. The lowest BCUT2D eigenvalue weighted by molar-refractivity contribution is 0.102. The van der Waals surface area contributed by atoms with Gasteiger partial charge in [0.15, 0.2) is 0 Å². The highest BCUT2D eigenvalue weighted by molar-refractivity contribution is 7.92. The van der Waals surface area contributed by atoms with Crippen molar-refractivity contribution in [2.24, 2.45) is 0 Å². The lowest BCUT2D eigenvalue weighted by Gasteiger charge is -2.12.